The van der Waals surface area contributed by atoms with Crippen LogP contribution >= 0.6 is 0 Å². The summed E-state index contributed by atoms with van der Waals surface area (Å²) < 4.78 is 5.20. The molecule has 6 heteroatoms. The van der Waals surface area contributed by atoms with E-state index in [9.17, 15) is 9.59 Å². The van der Waals surface area contributed by atoms with Gasteiger partial charge in [0.05, 0.1) is 12.2 Å². The van der Waals surface area contributed by atoms with Gasteiger partial charge in [-0.1, -0.05) is 98.3 Å². The summed E-state index contributed by atoms with van der Waals surface area (Å²) in [7, 11) is 0. The first-order chi connectivity index (χ1) is 16.9. The van der Waals surface area contributed by atoms with Gasteiger partial charge in [-0.05, 0) is 37.0 Å². The van der Waals surface area contributed by atoms with Gasteiger partial charge < -0.3 is 15.0 Å². The van der Waals surface area contributed by atoms with Gasteiger partial charge in [-0.25, -0.2) is 4.79 Å². The number of nitrogens with one attached hydrogen (secondary N) is 2. The molecule has 3 aromatic carbocycles. The van der Waals surface area contributed by atoms with E-state index in [2.05, 4.69) is 43.5 Å². The summed E-state index contributed by atoms with van der Waals surface area (Å²) in [6.07, 6.45) is -0.0239. The number of para-hydroxylation sites is 1. The molecule has 1 unspecified atom stereocenters. The van der Waals surface area contributed by atoms with Gasteiger partial charge in [0.1, 0.15) is 5.75 Å². The van der Waals surface area contributed by atoms with E-state index < -0.39 is 6.09 Å². The van der Waals surface area contributed by atoms with Crippen LogP contribution in [0.4, 0.5) is 4.79 Å². The lowest BCUT2D eigenvalue weighted by atomic mass is 10.1. The van der Waals surface area contributed by atoms with E-state index in [1.54, 1.807) is 24.3 Å². The number of rotatable bonds is 7. The summed E-state index contributed by atoms with van der Waals surface area (Å²) in [6, 6.07) is 28.8. The highest BCUT2D eigenvalue weighted by Gasteiger charge is 2.39. The largest absolute Gasteiger partial charge is 0.412 e. The zero-order valence-corrected chi connectivity index (χ0v) is 20.7. The predicted octanol–water partition coefficient (Wildman–Crippen LogP) is 5.14. The highest BCUT2D eigenvalue weighted by atomic mass is 16.6. The first-order valence-corrected chi connectivity index (χ1v) is 12.1. The number of hydrogen-bond donors (Lipinski definition) is 2. The summed E-state index contributed by atoms with van der Waals surface area (Å²) in [6.45, 7) is 7.22. The minimum Gasteiger partial charge on any atom is -0.410 e. The van der Waals surface area contributed by atoms with E-state index in [0.717, 1.165) is 5.56 Å². The second-order valence-electron chi connectivity index (χ2n) is 8.93. The maximum absolute atomic E-state index is 12.9. The minimum atomic E-state index is -0.516. The van der Waals surface area contributed by atoms with Gasteiger partial charge in [0.15, 0.2) is 0 Å². The van der Waals surface area contributed by atoms with Crippen LogP contribution in [0, 0.1) is 12.8 Å². The van der Waals surface area contributed by atoms with Crippen molar-refractivity contribution < 1.29 is 14.3 Å². The quantitative estimate of drug-likeness (QED) is 0.498. The first-order valence-electron chi connectivity index (χ1n) is 12.1. The Bertz CT molecular complexity index is 1040. The average Bonchev–Trinajstić information content (AvgIpc) is 3.17. The summed E-state index contributed by atoms with van der Waals surface area (Å²) in [5, 5.41) is 6.13. The van der Waals surface area contributed by atoms with Crippen LogP contribution < -0.4 is 15.4 Å². The molecule has 0 radical (unpaired) electrons. The minimum absolute atomic E-state index is 0.0195. The molecule has 2 amide bonds. The normalized spacial score (nSPS) is 17.0. The summed E-state index contributed by atoms with van der Waals surface area (Å²) in [5.74, 6) is 0.846. The van der Waals surface area contributed by atoms with Crippen molar-refractivity contribution >= 4 is 12.0 Å². The lowest BCUT2D eigenvalue weighted by Crippen LogP contribution is -2.41. The molecule has 1 aliphatic heterocycles. The van der Waals surface area contributed by atoms with Crippen molar-refractivity contribution in [1.82, 2.24) is 15.5 Å². The van der Waals surface area contributed by atoms with Gasteiger partial charge in [0.2, 0.25) is 5.91 Å². The van der Waals surface area contributed by atoms with Crippen LogP contribution in [0.3, 0.4) is 0 Å². The molecular formula is C29H35N3O3. The molecule has 3 aromatic rings. The van der Waals surface area contributed by atoms with Gasteiger partial charge in [-0.2, -0.15) is 0 Å². The number of carbonyl (C=O) groups is 2. The maximum atomic E-state index is 12.9. The summed E-state index contributed by atoms with van der Waals surface area (Å²) in [5.41, 5.74) is 2.43. The lowest BCUT2D eigenvalue weighted by Gasteiger charge is -2.27. The molecule has 0 bridgehead atoms. The smallest absolute Gasteiger partial charge is 0.410 e. The highest BCUT2D eigenvalue weighted by Crippen LogP contribution is 2.22. The molecule has 2 N–H and O–H groups in total. The van der Waals surface area contributed by atoms with Gasteiger partial charge in [-0.15, -0.1) is 0 Å². The SMILES string of the molecule is CC(C)C1N[C@@H](CCNC(=O)Oc2ccccc2)C(=O)N1Cc1ccccc1.Cc1ccccc1. The molecule has 0 spiro atoms. The van der Waals surface area contributed by atoms with E-state index >= 15 is 0 Å². The average molecular weight is 474 g/mol. The Morgan fingerprint density at radius 1 is 0.943 bits per heavy atom. The van der Waals surface area contributed by atoms with Crippen molar-refractivity contribution in [2.45, 2.75) is 45.9 Å². The number of ether oxygens (including phenoxy) is 1. The molecule has 1 aliphatic rings. The third kappa shape index (κ3) is 8.26. The monoisotopic (exact) mass is 473 g/mol. The number of amides is 2. The summed E-state index contributed by atoms with van der Waals surface area (Å²) >= 11 is 0. The van der Waals surface area contributed by atoms with Crippen molar-refractivity contribution in [2.75, 3.05) is 6.54 Å². The molecule has 184 valence electrons. The van der Waals surface area contributed by atoms with Crippen LogP contribution in [0.5, 0.6) is 5.75 Å². The van der Waals surface area contributed by atoms with Crippen LogP contribution in [0.1, 0.15) is 31.4 Å². The van der Waals surface area contributed by atoms with E-state index in [0.29, 0.717) is 25.3 Å². The van der Waals surface area contributed by atoms with Crippen molar-refractivity contribution in [3.63, 3.8) is 0 Å². The first kappa shape index (κ1) is 26.0. The molecule has 2 atom stereocenters. The van der Waals surface area contributed by atoms with E-state index in [1.807, 2.05) is 59.5 Å². The molecule has 0 aliphatic carbocycles. The molecule has 0 saturated carbocycles. The topological polar surface area (TPSA) is 70.7 Å². The number of carbonyl (C=O) groups excluding carboxylic acids is 2. The third-order valence-electron chi connectivity index (χ3n) is 5.71. The molecular weight excluding hydrogens is 438 g/mol. The Kier molecular flexibility index (Phi) is 9.87. The molecule has 35 heavy (non-hydrogen) atoms. The molecule has 4 rings (SSSR count). The fourth-order valence-electron chi connectivity index (χ4n) is 3.90. The zero-order valence-electron chi connectivity index (χ0n) is 20.7. The summed E-state index contributed by atoms with van der Waals surface area (Å²) in [4.78, 5) is 26.7. The van der Waals surface area contributed by atoms with Gasteiger partial charge >= 0.3 is 6.09 Å². The lowest BCUT2D eigenvalue weighted by molar-refractivity contribution is -0.131. The standard InChI is InChI=1S/C22H27N3O3.C7H8/c1-16(2)20-24-19(21(26)25(20)15-17-9-5-3-6-10-17)13-14-23-22(27)28-18-11-7-4-8-12-18;1-7-5-3-2-4-6-7/h3-12,16,19-20,24H,13-15H2,1-2H3,(H,23,27);2-6H,1H3/t19-,20?;/m0./s1. The van der Waals surface area contributed by atoms with E-state index in [4.69, 9.17) is 4.74 Å². The Hall–Kier alpha value is -3.64. The molecule has 6 nitrogen and oxygen atoms in total. The maximum Gasteiger partial charge on any atom is 0.412 e. The Balaban J connectivity index is 0.000000420. The van der Waals surface area contributed by atoms with E-state index in [-0.39, 0.29) is 24.0 Å². The Morgan fingerprint density at radius 2 is 1.51 bits per heavy atom. The van der Waals surface area contributed by atoms with Crippen molar-refractivity contribution in [2.24, 2.45) is 5.92 Å². The number of nitrogens with zero attached hydrogens (tertiary/aromatic N) is 1. The van der Waals surface area contributed by atoms with Crippen LogP contribution in [0.15, 0.2) is 91.0 Å². The van der Waals surface area contributed by atoms with Crippen LogP contribution in [-0.4, -0.2) is 35.7 Å². The van der Waals surface area contributed by atoms with Crippen LogP contribution in [0.25, 0.3) is 0 Å². The molecule has 1 fully saturated rings. The van der Waals surface area contributed by atoms with E-state index in [1.165, 1.54) is 5.56 Å². The fourth-order valence-corrected chi connectivity index (χ4v) is 3.90. The zero-order chi connectivity index (χ0) is 25.0. The fraction of sp³-hybridized carbons (Fsp3) is 0.310. The second-order valence-corrected chi connectivity index (χ2v) is 8.93. The van der Waals surface area contributed by atoms with Crippen molar-refractivity contribution in [3.05, 3.63) is 102 Å². The van der Waals surface area contributed by atoms with Crippen LogP contribution in [-0.2, 0) is 11.3 Å². The Morgan fingerprint density at radius 3 is 2.06 bits per heavy atom. The second kappa shape index (κ2) is 13.3. The third-order valence-corrected chi connectivity index (χ3v) is 5.71. The molecule has 1 saturated heterocycles. The van der Waals surface area contributed by atoms with Crippen molar-refractivity contribution in [3.8, 4) is 5.75 Å². The number of benzene rings is 3. The Labute approximate surface area is 208 Å². The van der Waals surface area contributed by atoms with Gasteiger partial charge in [0.25, 0.3) is 0 Å². The highest BCUT2D eigenvalue weighted by molar-refractivity contribution is 5.84. The molecule has 1 heterocycles. The predicted molar refractivity (Wildman–Crippen MR) is 139 cm³/mol. The van der Waals surface area contributed by atoms with Crippen molar-refractivity contribution in [1.29, 1.82) is 0 Å². The van der Waals surface area contributed by atoms with Gasteiger partial charge in [0, 0.05) is 13.1 Å². The van der Waals surface area contributed by atoms with Crippen LogP contribution in [0.2, 0.25) is 0 Å². The van der Waals surface area contributed by atoms with Gasteiger partial charge in [-0.3, -0.25) is 10.1 Å². The molecule has 0 aromatic heterocycles. The number of aryl methyl sites for hydroxylation is 1. The number of hydrogen-bond acceptors (Lipinski definition) is 4.